The Hall–Kier alpha value is -0.0900. The van der Waals surface area contributed by atoms with Gasteiger partial charge in [0, 0.05) is 0 Å². The van der Waals surface area contributed by atoms with E-state index >= 15 is 0 Å². The Morgan fingerprint density at radius 1 is 1.00 bits per heavy atom. The number of hydrogen-bond acceptors (Lipinski definition) is 7. The third-order valence-electron chi connectivity index (χ3n) is 1.74. The average molecular weight is 262 g/mol. The van der Waals surface area contributed by atoms with Gasteiger partial charge in [0.2, 0.25) is 0 Å². The molecular formula is C6H15O9P. The summed E-state index contributed by atoms with van der Waals surface area (Å²) in [7, 11) is -4.78. The highest BCUT2D eigenvalue weighted by atomic mass is 31.2. The van der Waals surface area contributed by atoms with Gasteiger partial charge >= 0.3 is 7.82 Å². The van der Waals surface area contributed by atoms with Crippen LogP contribution in [0.2, 0.25) is 0 Å². The Morgan fingerprint density at radius 2 is 1.44 bits per heavy atom. The average Bonchev–Trinajstić information content (AvgIpc) is 2.21. The Bertz CT molecular complexity index is 240. The van der Waals surface area contributed by atoms with E-state index in [1.54, 1.807) is 0 Å². The van der Waals surface area contributed by atoms with Crippen LogP contribution >= 0.6 is 7.82 Å². The van der Waals surface area contributed by atoms with Crippen molar-refractivity contribution in [2.75, 3.05) is 13.2 Å². The molecule has 0 saturated carbocycles. The predicted octanol–water partition coefficient (Wildman–Crippen LogP) is -3.47. The molecule has 0 amide bonds. The summed E-state index contributed by atoms with van der Waals surface area (Å²) in [4.78, 5) is 16.6. The van der Waals surface area contributed by atoms with Crippen LogP contribution in [0.1, 0.15) is 0 Å². The highest BCUT2D eigenvalue weighted by Gasteiger charge is 2.31. The molecule has 0 aromatic rings. The summed E-state index contributed by atoms with van der Waals surface area (Å²) in [6, 6.07) is 0. The third kappa shape index (κ3) is 5.85. The van der Waals surface area contributed by atoms with Crippen molar-refractivity contribution in [3.8, 4) is 0 Å². The fraction of sp³-hybridized carbons (Fsp3) is 1.00. The van der Waals surface area contributed by atoms with E-state index in [1.165, 1.54) is 0 Å². The van der Waals surface area contributed by atoms with Gasteiger partial charge in [-0.05, 0) is 0 Å². The van der Waals surface area contributed by atoms with Crippen molar-refractivity contribution in [3.63, 3.8) is 0 Å². The summed E-state index contributed by atoms with van der Waals surface area (Å²) < 4.78 is 14.1. The van der Waals surface area contributed by atoms with E-state index in [2.05, 4.69) is 4.52 Å². The standard InChI is InChI=1S/C6H15O9P/c7-1-3(8)5(10)6(11)4(9)2-15-16(12,13)14/h3-11H,1-2H2,(H2,12,13,14)/t3-,4+,5+,6+/m1/s1. The largest absolute Gasteiger partial charge is 0.469 e. The minimum atomic E-state index is -4.78. The molecule has 0 bridgehead atoms. The zero-order chi connectivity index (χ0) is 12.9. The van der Waals surface area contributed by atoms with Gasteiger partial charge in [0.1, 0.15) is 24.4 Å². The lowest BCUT2D eigenvalue weighted by Gasteiger charge is -2.25. The fourth-order valence-electron chi connectivity index (χ4n) is 0.835. The first kappa shape index (κ1) is 15.9. The maximum absolute atomic E-state index is 10.2. The number of phosphoric ester groups is 1. The van der Waals surface area contributed by atoms with Crippen molar-refractivity contribution in [2.45, 2.75) is 24.4 Å². The molecular weight excluding hydrogens is 247 g/mol. The molecule has 0 aliphatic rings. The van der Waals surface area contributed by atoms with Gasteiger partial charge < -0.3 is 35.3 Å². The van der Waals surface area contributed by atoms with Crippen molar-refractivity contribution in [1.82, 2.24) is 0 Å². The van der Waals surface area contributed by atoms with Gasteiger partial charge in [-0.2, -0.15) is 0 Å². The van der Waals surface area contributed by atoms with Crippen LogP contribution in [0.4, 0.5) is 0 Å². The van der Waals surface area contributed by atoms with E-state index in [-0.39, 0.29) is 0 Å². The molecule has 7 N–H and O–H groups in total. The van der Waals surface area contributed by atoms with Gasteiger partial charge in [0.05, 0.1) is 13.2 Å². The second kappa shape index (κ2) is 6.60. The molecule has 98 valence electrons. The van der Waals surface area contributed by atoms with E-state index in [9.17, 15) is 9.67 Å². The molecule has 9 nitrogen and oxygen atoms in total. The van der Waals surface area contributed by atoms with Crippen LogP contribution in [0.3, 0.4) is 0 Å². The molecule has 0 heterocycles. The summed E-state index contributed by atoms with van der Waals surface area (Å²) in [6.07, 6.45) is -7.27. The first-order valence-corrected chi connectivity index (χ1v) is 5.75. The third-order valence-corrected chi connectivity index (χ3v) is 2.22. The minimum Gasteiger partial charge on any atom is -0.394 e. The molecule has 0 rings (SSSR count). The number of aliphatic hydroxyl groups is 5. The van der Waals surface area contributed by atoms with E-state index in [0.717, 1.165) is 0 Å². The molecule has 0 aromatic carbocycles. The van der Waals surface area contributed by atoms with Crippen LogP contribution in [0.5, 0.6) is 0 Å². The second-order valence-corrected chi connectivity index (χ2v) is 4.32. The zero-order valence-electron chi connectivity index (χ0n) is 8.12. The van der Waals surface area contributed by atoms with Crippen molar-refractivity contribution in [2.24, 2.45) is 0 Å². The molecule has 0 aromatic heterocycles. The summed E-state index contributed by atoms with van der Waals surface area (Å²) in [5.74, 6) is 0. The van der Waals surface area contributed by atoms with E-state index in [1.807, 2.05) is 0 Å². The van der Waals surface area contributed by atoms with Gasteiger partial charge in [-0.25, -0.2) is 4.57 Å². The normalized spacial score (nSPS) is 20.2. The first-order valence-electron chi connectivity index (χ1n) is 4.22. The van der Waals surface area contributed by atoms with Crippen LogP contribution in [0.25, 0.3) is 0 Å². The van der Waals surface area contributed by atoms with Gasteiger partial charge in [0.15, 0.2) is 0 Å². The lowest BCUT2D eigenvalue weighted by Crippen LogP contribution is -2.47. The Morgan fingerprint density at radius 3 is 1.81 bits per heavy atom. The molecule has 0 fully saturated rings. The van der Waals surface area contributed by atoms with Crippen molar-refractivity contribution >= 4 is 7.82 Å². The zero-order valence-corrected chi connectivity index (χ0v) is 9.01. The summed E-state index contributed by atoms with van der Waals surface area (Å²) in [5.41, 5.74) is 0. The highest BCUT2D eigenvalue weighted by molar-refractivity contribution is 7.46. The van der Waals surface area contributed by atoms with Crippen LogP contribution in [-0.4, -0.2) is 72.9 Å². The minimum absolute atomic E-state index is 0.843. The lowest BCUT2D eigenvalue weighted by molar-refractivity contribution is -0.122. The van der Waals surface area contributed by atoms with Crippen molar-refractivity contribution in [3.05, 3.63) is 0 Å². The van der Waals surface area contributed by atoms with Crippen LogP contribution in [0, 0.1) is 0 Å². The maximum atomic E-state index is 10.2. The highest BCUT2D eigenvalue weighted by Crippen LogP contribution is 2.35. The molecule has 4 atom stereocenters. The van der Waals surface area contributed by atoms with Gasteiger partial charge in [-0.15, -0.1) is 0 Å². The monoisotopic (exact) mass is 262 g/mol. The molecule has 0 aliphatic carbocycles. The smallest absolute Gasteiger partial charge is 0.394 e. The number of phosphoric acid groups is 1. The molecule has 0 saturated heterocycles. The number of aliphatic hydroxyl groups excluding tert-OH is 5. The van der Waals surface area contributed by atoms with Crippen LogP contribution in [-0.2, 0) is 9.09 Å². The van der Waals surface area contributed by atoms with Crippen LogP contribution in [0.15, 0.2) is 0 Å². The topological polar surface area (TPSA) is 168 Å². The molecule has 0 spiro atoms. The van der Waals surface area contributed by atoms with Crippen molar-refractivity contribution in [1.29, 1.82) is 0 Å². The Balaban J connectivity index is 4.17. The number of hydrogen-bond donors (Lipinski definition) is 7. The van der Waals surface area contributed by atoms with Crippen LogP contribution < -0.4 is 0 Å². The molecule has 0 radical (unpaired) electrons. The van der Waals surface area contributed by atoms with Gasteiger partial charge in [-0.1, -0.05) is 0 Å². The predicted molar refractivity (Wildman–Crippen MR) is 49.1 cm³/mol. The Kier molecular flexibility index (Phi) is 6.56. The fourth-order valence-corrected chi connectivity index (χ4v) is 1.18. The second-order valence-electron chi connectivity index (χ2n) is 3.08. The van der Waals surface area contributed by atoms with E-state index in [0.29, 0.717) is 0 Å². The molecule has 16 heavy (non-hydrogen) atoms. The molecule has 0 unspecified atom stereocenters. The van der Waals surface area contributed by atoms with Crippen molar-refractivity contribution < 1.29 is 44.4 Å². The van der Waals surface area contributed by atoms with Gasteiger partial charge in [-0.3, -0.25) is 4.52 Å². The maximum Gasteiger partial charge on any atom is 0.469 e. The van der Waals surface area contributed by atoms with E-state index < -0.39 is 45.5 Å². The SMILES string of the molecule is O=P(O)(O)OC[C@H](O)[C@H](O)[C@@H](O)[C@H](O)CO. The quantitative estimate of drug-likeness (QED) is 0.230. The molecule has 10 heteroatoms. The van der Waals surface area contributed by atoms with Gasteiger partial charge in [0.25, 0.3) is 0 Å². The number of rotatable bonds is 7. The first-order chi connectivity index (χ1) is 7.19. The molecule has 0 aliphatic heterocycles. The summed E-state index contributed by atoms with van der Waals surface area (Å²) in [6.45, 7) is -1.77. The Labute approximate surface area is 90.8 Å². The summed E-state index contributed by atoms with van der Waals surface area (Å²) in [5, 5.41) is 44.8. The lowest BCUT2D eigenvalue weighted by atomic mass is 10.0. The summed E-state index contributed by atoms with van der Waals surface area (Å²) >= 11 is 0. The van der Waals surface area contributed by atoms with E-state index in [4.69, 9.17) is 30.2 Å².